The van der Waals surface area contributed by atoms with Gasteiger partial charge in [0.15, 0.2) is 0 Å². The molecular formula is C26H27N7O9S. The van der Waals surface area contributed by atoms with Crippen molar-refractivity contribution in [1.29, 1.82) is 0 Å². The Morgan fingerprint density at radius 2 is 1.88 bits per heavy atom. The second-order valence-corrected chi connectivity index (χ2v) is 12.1. The Bertz CT molecular complexity index is 1500. The lowest BCUT2D eigenvalue weighted by molar-refractivity contribution is -0.172. The minimum atomic E-state index is -2.01. The van der Waals surface area contributed by atoms with Gasteiger partial charge in [-0.3, -0.25) is 14.4 Å². The van der Waals surface area contributed by atoms with Crippen LogP contribution in [0.25, 0.3) is 0 Å². The topological polar surface area (TPSA) is 214 Å². The number of aliphatic carboxylic acids is 1. The van der Waals surface area contributed by atoms with Gasteiger partial charge in [-0.25, -0.2) is 24.3 Å². The smallest absolute Gasteiger partial charge is 0.348 e. The van der Waals surface area contributed by atoms with Crippen molar-refractivity contribution >= 4 is 54.2 Å². The van der Waals surface area contributed by atoms with Gasteiger partial charge in [-0.1, -0.05) is 12.1 Å². The van der Waals surface area contributed by atoms with Gasteiger partial charge in [-0.2, -0.15) is 5.10 Å². The maximum absolute atomic E-state index is 13.8. The molecule has 3 fully saturated rings. The van der Waals surface area contributed by atoms with E-state index in [4.69, 9.17) is 4.42 Å². The molecule has 2 aromatic rings. The number of phenolic OH excluding ortho intramolecular Hbond substituents is 1. The van der Waals surface area contributed by atoms with Gasteiger partial charge >= 0.3 is 18.0 Å². The molecule has 5 N–H and O–H groups in total. The van der Waals surface area contributed by atoms with Crippen molar-refractivity contribution in [3.8, 4) is 5.75 Å². The van der Waals surface area contributed by atoms with E-state index in [1.807, 2.05) is 0 Å². The molecular weight excluding hydrogens is 586 g/mol. The van der Waals surface area contributed by atoms with E-state index in [-0.39, 0.29) is 30.8 Å². The van der Waals surface area contributed by atoms with Gasteiger partial charge < -0.3 is 35.5 Å². The number of fused-ring (bicyclic) bond motifs is 1. The molecule has 3 saturated heterocycles. The highest BCUT2D eigenvalue weighted by molar-refractivity contribution is 8.01. The van der Waals surface area contributed by atoms with E-state index < -0.39 is 57.7 Å². The van der Waals surface area contributed by atoms with Gasteiger partial charge in [0.25, 0.3) is 5.91 Å². The molecule has 16 nitrogen and oxygen atoms in total. The van der Waals surface area contributed by atoms with Crippen molar-refractivity contribution in [3.05, 3.63) is 54.0 Å². The number of furan rings is 1. The molecule has 0 aliphatic carbocycles. The van der Waals surface area contributed by atoms with Crippen LogP contribution in [0.3, 0.4) is 0 Å². The zero-order chi connectivity index (χ0) is 31.1. The molecule has 0 saturated carbocycles. The number of hydrazone groups is 1. The molecule has 0 radical (unpaired) electrons. The summed E-state index contributed by atoms with van der Waals surface area (Å²) < 4.78 is 4.18. The molecule has 7 amide bonds. The predicted octanol–water partition coefficient (Wildman–Crippen LogP) is 0.213. The molecule has 0 bridgehead atoms. The first-order chi connectivity index (χ1) is 20.4. The van der Waals surface area contributed by atoms with Crippen molar-refractivity contribution in [2.45, 2.75) is 41.7 Å². The van der Waals surface area contributed by atoms with Crippen LogP contribution in [0, 0.1) is 0 Å². The maximum Gasteiger partial charge on any atom is 0.348 e. The van der Waals surface area contributed by atoms with E-state index in [2.05, 4.69) is 21.1 Å². The van der Waals surface area contributed by atoms with Crippen molar-refractivity contribution in [2.75, 3.05) is 13.1 Å². The third kappa shape index (κ3) is 5.11. The van der Waals surface area contributed by atoms with E-state index >= 15 is 0 Å². The number of carboxylic acid groups (broad SMARTS) is 1. The number of phenols is 1. The highest BCUT2D eigenvalue weighted by Gasteiger charge is 2.72. The van der Waals surface area contributed by atoms with Crippen molar-refractivity contribution < 1.29 is 43.4 Å². The average molecular weight is 614 g/mol. The minimum absolute atomic E-state index is 0.0570. The summed E-state index contributed by atoms with van der Waals surface area (Å²) in [4.78, 5) is 78.8. The van der Waals surface area contributed by atoms with Gasteiger partial charge in [0.1, 0.15) is 29.0 Å². The van der Waals surface area contributed by atoms with Crippen LogP contribution in [-0.2, 0) is 19.2 Å². The number of hydrogen-bond donors (Lipinski definition) is 5. The first-order valence-corrected chi connectivity index (χ1v) is 13.8. The lowest BCUT2D eigenvalue weighted by Gasteiger charge is -2.52. The molecule has 4 heterocycles. The third-order valence-corrected chi connectivity index (χ3v) is 8.88. The number of benzene rings is 1. The van der Waals surface area contributed by atoms with Crippen LogP contribution in [0.5, 0.6) is 5.75 Å². The van der Waals surface area contributed by atoms with E-state index in [0.717, 1.165) is 26.6 Å². The highest BCUT2D eigenvalue weighted by Crippen LogP contribution is 2.54. The molecule has 5 rings (SSSR count). The Balaban J connectivity index is 1.37. The maximum atomic E-state index is 13.8. The van der Waals surface area contributed by atoms with Crippen molar-refractivity contribution in [3.63, 3.8) is 0 Å². The Kier molecular flexibility index (Phi) is 7.51. The molecule has 43 heavy (non-hydrogen) atoms. The number of nitrogens with one attached hydrogen (secondary N) is 3. The van der Waals surface area contributed by atoms with Gasteiger partial charge in [0.05, 0.1) is 25.6 Å². The average Bonchev–Trinajstić information content (AvgIpc) is 3.67. The Hall–Kier alpha value is -5.06. The zero-order valence-corrected chi connectivity index (χ0v) is 23.6. The zero-order valence-electron chi connectivity index (χ0n) is 22.8. The van der Waals surface area contributed by atoms with Crippen LogP contribution >= 0.6 is 11.8 Å². The lowest BCUT2D eigenvalue weighted by atomic mass is 9.91. The third-order valence-electron chi connectivity index (χ3n) is 7.24. The van der Waals surface area contributed by atoms with E-state index in [0.29, 0.717) is 5.76 Å². The van der Waals surface area contributed by atoms with Crippen molar-refractivity contribution in [2.24, 2.45) is 5.10 Å². The van der Waals surface area contributed by atoms with Crippen molar-refractivity contribution in [1.82, 2.24) is 30.8 Å². The molecule has 4 atom stereocenters. The number of aromatic hydroxyl groups is 1. The van der Waals surface area contributed by atoms with Crippen LogP contribution in [0.1, 0.15) is 31.2 Å². The second-order valence-electron chi connectivity index (χ2n) is 10.4. The number of amides is 7. The number of carbonyl (C=O) groups excluding carboxylic acids is 5. The van der Waals surface area contributed by atoms with E-state index in [9.17, 15) is 39.0 Å². The number of hydrogen-bond acceptors (Lipinski definition) is 10. The second kappa shape index (κ2) is 11.0. The molecule has 1 unspecified atom stereocenters. The minimum Gasteiger partial charge on any atom is -0.508 e. The number of urea groups is 2. The lowest BCUT2D eigenvalue weighted by Crippen LogP contribution is -2.85. The largest absolute Gasteiger partial charge is 0.508 e. The van der Waals surface area contributed by atoms with Gasteiger partial charge in [0.2, 0.25) is 18.0 Å². The van der Waals surface area contributed by atoms with Crippen LogP contribution in [-0.4, -0.2) is 102 Å². The number of thioether (sulfide) groups is 1. The quantitative estimate of drug-likeness (QED) is 0.112. The molecule has 3 aliphatic rings. The summed E-state index contributed by atoms with van der Waals surface area (Å²) in [5.41, 5.74) is -1.83. The highest BCUT2D eigenvalue weighted by atomic mass is 32.2. The monoisotopic (exact) mass is 613 g/mol. The molecule has 0 spiro atoms. The van der Waals surface area contributed by atoms with Crippen LogP contribution < -0.4 is 16.0 Å². The molecule has 226 valence electrons. The number of carbonyl (C=O) groups is 6. The fourth-order valence-corrected chi connectivity index (χ4v) is 6.84. The van der Waals surface area contributed by atoms with Crippen LogP contribution in [0.2, 0.25) is 0 Å². The fourth-order valence-electron chi connectivity index (χ4n) is 5.18. The van der Waals surface area contributed by atoms with Gasteiger partial charge in [0, 0.05) is 4.75 Å². The number of β-lactam (4-membered cyclic amide) rings is 1. The van der Waals surface area contributed by atoms with Gasteiger partial charge in [-0.15, -0.1) is 11.8 Å². The van der Waals surface area contributed by atoms with Crippen LogP contribution in [0.4, 0.5) is 9.59 Å². The normalized spacial score (nSPS) is 24.8. The van der Waals surface area contributed by atoms with E-state index in [1.165, 1.54) is 36.7 Å². The fraction of sp³-hybridized carbons (Fsp3) is 0.346. The number of carboxylic acids is 1. The molecule has 3 aliphatic heterocycles. The summed E-state index contributed by atoms with van der Waals surface area (Å²) in [5, 5.41) is 30.9. The summed E-state index contributed by atoms with van der Waals surface area (Å²) >= 11 is 1.08. The number of imide groups is 1. The summed E-state index contributed by atoms with van der Waals surface area (Å²) in [6, 6.07) is 4.08. The first kappa shape index (κ1) is 29.4. The molecule has 1 aromatic heterocycles. The summed E-state index contributed by atoms with van der Waals surface area (Å²) in [5.74, 6) is -2.77. The van der Waals surface area contributed by atoms with Crippen LogP contribution in [0.15, 0.2) is 52.2 Å². The Labute approximate surface area is 248 Å². The SMILES string of the molecule is CC1(C)S[C@H]2N(C(=O)[C@@]2(NC=O)NC(=O)C(NC(=O)N2CCN(/N=C/c3ccco3)C2=O)c2ccc(O)cc2)[C@H]1C(=O)O. The summed E-state index contributed by atoms with van der Waals surface area (Å²) in [7, 11) is 0. The van der Waals surface area contributed by atoms with Gasteiger partial charge in [-0.05, 0) is 43.7 Å². The Morgan fingerprint density at radius 3 is 2.51 bits per heavy atom. The summed E-state index contributed by atoms with van der Waals surface area (Å²) in [6.07, 6.45) is 2.95. The predicted molar refractivity (Wildman–Crippen MR) is 148 cm³/mol. The Morgan fingerprint density at radius 1 is 1.16 bits per heavy atom. The number of nitrogens with zero attached hydrogens (tertiary/aromatic N) is 4. The first-order valence-electron chi connectivity index (χ1n) is 12.9. The molecule has 1 aromatic carbocycles. The standard InChI is InChI=1S/C26H27N7O9S/c1-25(2)18(20(37)38)33-21(39)26(27-13-34,22(33)43-25)30-19(36)17(14-5-7-15(35)8-6-14)29-23(40)31-9-10-32(24(31)41)28-12-16-4-3-11-42-16/h3-8,11-13,17-18,22,35H,9-10H2,1-2H3,(H,27,34)(H,29,40)(H,30,36)(H,37,38)/b28-12+/t17?,18-,22+,26+/m0/s1. The number of rotatable bonds is 9. The molecule has 17 heteroatoms. The van der Waals surface area contributed by atoms with E-state index in [1.54, 1.807) is 26.0 Å². The summed E-state index contributed by atoms with van der Waals surface area (Å²) in [6.45, 7) is 3.27.